The van der Waals surface area contributed by atoms with Gasteiger partial charge in [-0.1, -0.05) is 97.1 Å². The van der Waals surface area contributed by atoms with Gasteiger partial charge >= 0.3 is 0 Å². The topological polar surface area (TPSA) is 34.1 Å². The van der Waals surface area contributed by atoms with E-state index >= 15 is 0 Å². The fourth-order valence-electron chi connectivity index (χ4n) is 3.57. The minimum absolute atomic E-state index is 0.171. The second-order valence-electron chi connectivity index (χ2n) is 7.53. The molecule has 0 aliphatic carbocycles. The maximum absolute atomic E-state index is 13.4. The highest BCUT2D eigenvalue weighted by Crippen LogP contribution is 2.33. The summed E-state index contributed by atoms with van der Waals surface area (Å²) in [5, 5.41) is 0.925. The SMILES string of the molecule is O=C(c1c(Cl)cccc1Cl)C(CCCCCCCCCP)C(=O)c1c(Cl)cccc1Cl. The first-order valence-electron chi connectivity index (χ1n) is 10.5. The standard InChI is InChI=1S/C24H27Cl4O2P/c25-17-11-8-12-18(26)21(17)23(29)16(10-6-4-2-1-3-5-7-15-31)24(30)22-19(27)13-9-14-20(22)28/h8-9,11-14,16H,1-7,10,15,31H2. The van der Waals surface area contributed by atoms with Gasteiger partial charge in [-0.3, -0.25) is 9.59 Å². The first kappa shape index (κ1) is 26.6. The fourth-order valence-corrected chi connectivity index (χ4v) is 5.03. The molecule has 0 amide bonds. The van der Waals surface area contributed by atoms with Gasteiger partial charge in [-0.2, -0.15) is 0 Å². The van der Waals surface area contributed by atoms with Gasteiger partial charge in [-0.05, 0) is 43.3 Å². The third kappa shape index (κ3) is 7.72. The summed E-state index contributed by atoms with van der Waals surface area (Å²) in [4.78, 5) is 26.8. The van der Waals surface area contributed by atoms with Gasteiger partial charge in [0.05, 0.1) is 37.1 Å². The molecular formula is C24H27Cl4O2P. The van der Waals surface area contributed by atoms with Crippen LogP contribution in [0.2, 0.25) is 20.1 Å². The molecule has 2 rings (SSSR count). The molecule has 0 spiro atoms. The van der Waals surface area contributed by atoms with Crippen molar-refractivity contribution in [2.75, 3.05) is 6.16 Å². The summed E-state index contributed by atoms with van der Waals surface area (Å²) in [6, 6.07) is 9.72. The number of unbranched alkanes of at least 4 members (excludes halogenated alkanes) is 6. The summed E-state index contributed by atoms with van der Waals surface area (Å²) < 4.78 is 0. The zero-order valence-electron chi connectivity index (χ0n) is 17.3. The van der Waals surface area contributed by atoms with Gasteiger partial charge in [0.25, 0.3) is 0 Å². The molecule has 2 aromatic rings. The minimum Gasteiger partial charge on any atom is -0.293 e. The van der Waals surface area contributed by atoms with Crippen molar-refractivity contribution >= 4 is 67.2 Å². The van der Waals surface area contributed by atoms with Crippen LogP contribution in [-0.2, 0) is 0 Å². The smallest absolute Gasteiger partial charge is 0.176 e. The van der Waals surface area contributed by atoms with Crippen LogP contribution < -0.4 is 0 Å². The highest BCUT2D eigenvalue weighted by atomic mass is 35.5. The Morgan fingerprint density at radius 3 is 1.39 bits per heavy atom. The lowest BCUT2D eigenvalue weighted by Crippen LogP contribution is -2.26. The molecular weight excluding hydrogens is 493 g/mol. The van der Waals surface area contributed by atoms with E-state index in [4.69, 9.17) is 46.4 Å². The summed E-state index contributed by atoms with van der Waals surface area (Å²) in [5.74, 6) is -1.72. The summed E-state index contributed by atoms with van der Waals surface area (Å²) >= 11 is 25.0. The number of hydrogen-bond acceptors (Lipinski definition) is 2. The molecule has 0 aliphatic rings. The molecule has 1 unspecified atom stereocenters. The molecule has 2 aromatic carbocycles. The number of ketones is 2. The average Bonchev–Trinajstić information content (AvgIpc) is 2.72. The molecule has 0 radical (unpaired) electrons. The van der Waals surface area contributed by atoms with Crippen LogP contribution in [0.15, 0.2) is 36.4 Å². The van der Waals surface area contributed by atoms with Gasteiger partial charge in [0.1, 0.15) is 0 Å². The molecule has 0 heterocycles. The van der Waals surface area contributed by atoms with Gasteiger partial charge in [0, 0.05) is 0 Å². The van der Waals surface area contributed by atoms with Crippen LogP contribution >= 0.6 is 55.6 Å². The summed E-state index contributed by atoms with van der Waals surface area (Å²) in [7, 11) is 2.75. The maximum atomic E-state index is 13.4. The lowest BCUT2D eigenvalue weighted by Gasteiger charge is -2.18. The van der Waals surface area contributed by atoms with E-state index in [1.54, 1.807) is 36.4 Å². The van der Waals surface area contributed by atoms with Crippen LogP contribution in [0.5, 0.6) is 0 Å². The van der Waals surface area contributed by atoms with Crippen LogP contribution in [-0.4, -0.2) is 17.7 Å². The number of Topliss-reactive ketones (excluding diaryl/α,β-unsaturated/α-hetero) is 2. The predicted octanol–water partition coefficient (Wildman–Crippen LogP) is 8.98. The van der Waals surface area contributed by atoms with E-state index < -0.39 is 17.5 Å². The lowest BCUT2D eigenvalue weighted by molar-refractivity contribution is 0.0797. The molecule has 0 aromatic heterocycles. The highest BCUT2D eigenvalue weighted by molar-refractivity contribution is 7.16. The van der Waals surface area contributed by atoms with E-state index in [0.29, 0.717) is 6.42 Å². The Hall–Kier alpha value is -0.630. The largest absolute Gasteiger partial charge is 0.293 e. The molecule has 1 atom stereocenters. The van der Waals surface area contributed by atoms with E-state index in [2.05, 4.69) is 9.24 Å². The molecule has 0 bridgehead atoms. The van der Waals surface area contributed by atoms with Crippen molar-refractivity contribution in [2.24, 2.45) is 5.92 Å². The number of hydrogen-bond donors (Lipinski definition) is 0. The van der Waals surface area contributed by atoms with Crippen molar-refractivity contribution in [3.63, 3.8) is 0 Å². The van der Waals surface area contributed by atoms with Crippen molar-refractivity contribution in [3.8, 4) is 0 Å². The van der Waals surface area contributed by atoms with Crippen LogP contribution in [0.1, 0.15) is 72.1 Å². The Labute approximate surface area is 207 Å². The number of benzene rings is 2. The predicted molar refractivity (Wildman–Crippen MR) is 137 cm³/mol. The summed E-state index contributed by atoms with van der Waals surface area (Å²) in [6.45, 7) is 0. The number of rotatable bonds is 13. The normalized spacial score (nSPS) is 11.2. The molecule has 0 fully saturated rings. The first-order valence-corrected chi connectivity index (χ1v) is 12.9. The molecule has 0 aliphatic heterocycles. The Morgan fingerprint density at radius 1 is 0.645 bits per heavy atom. The second kappa shape index (κ2) is 13.8. The van der Waals surface area contributed by atoms with E-state index in [1.807, 2.05) is 0 Å². The number of carbonyl (C=O) groups is 2. The van der Waals surface area contributed by atoms with Crippen molar-refractivity contribution in [2.45, 2.75) is 51.4 Å². The van der Waals surface area contributed by atoms with Crippen molar-refractivity contribution in [3.05, 3.63) is 67.6 Å². The van der Waals surface area contributed by atoms with Crippen LogP contribution in [0, 0.1) is 5.92 Å². The second-order valence-corrected chi connectivity index (χ2v) is 9.73. The third-order valence-corrected chi connectivity index (χ3v) is 6.92. The van der Waals surface area contributed by atoms with Crippen molar-refractivity contribution < 1.29 is 9.59 Å². The minimum atomic E-state index is -0.938. The first-order chi connectivity index (χ1) is 14.9. The van der Waals surface area contributed by atoms with Crippen LogP contribution in [0.4, 0.5) is 0 Å². The molecule has 31 heavy (non-hydrogen) atoms. The Bertz CT molecular complexity index is 797. The molecule has 2 nitrogen and oxygen atoms in total. The van der Waals surface area contributed by atoms with Crippen LogP contribution in [0.3, 0.4) is 0 Å². The molecule has 0 saturated heterocycles. The van der Waals surface area contributed by atoms with Crippen molar-refractivity contribution in [1.29, 1.82) is 0 Å². The Balaban J connectivity index is 2.18. The molecule has 0 saturated carbocycles. The van der Waals surface area contributed by atoms with Crippen molar-refractivity contribution in [1.82, 2.24) is 0 Å². The third-order valence-electron chi connectivity index (χ3n) is 5.25. The van der Waals surface area contributed by atoms with Gasteiger partial charge < -0.3 is 0 Å². The summed E-state index contributed by atoms with van der Waals surface area (Å²) in [6.07, 6.45) is 9.13. The fraction of sp³-hybridized carbons (Fsp3) is 0.417. The Morgan fingerprint density at radius 2 is 1.00 bits per heavy atom. The zero-order chi connectivity index (χ0) is 22.8. The maximum Gasteiger partial charge on any atom is 0.176 e. The quantitative estimate of drug-likeness (QED) is 0.114. The number of carbonyl (C=O) groups excluding carboxylic acids is 2. The lowest BCUT2D eigenvalue weighted by atomic mass is 9.85. The monoisotopic (exact) mass is 518 g/mol. The van der Waals surface area contributed by atoms with Gasteiger partial charge in [-0.25, -0.2) is 0 Å². The summed E-state index contributed by atoms with van der Waals surface area (Å²) in [5.41, 5.74) is 0.342. The highest BCUT2D eigenvalue weighted by Gasteiger charge is 2.32. The average molecular weight is 520 g/mol. The van der Waals surface area contributed by atoms with Gasteiger partial charge in [-0.15, -0.1) is 9.24 Å². The molecule has 168 valence electrons. The Kier molecular flexibility index (Phi) is 11.9. The van der Waals surface area contributed by atoms with E-state index in [-0.39, 0.29) is 31.2 Å². The zero-order valence-corrected chi connectivity index (χ0v) is 21.5. The van der Waals surface area contributed by atoms with E-state index in [1.165, 1.54) is 19.3 Å². The molecule has 7 heteroatoms. The molecule has 0 N–H and O–H groups in total. The van der Waals surface area contributed by atoms with E-state index in [0.717, 1.165) is 31.8 Å². The van der Waals surface area contributed by atoms with Crippen LogP contribution in [0.25, 0.3) is 0 Å². The van der Waals surface area contributed by atoms with Gasteiger partial charge in [0.2, 0.25) is 0 Å². The van der Waals surface area contributed by atoms with Gasteiger partial charge in [0.15, 0.2) is 11.6 Å². The van der Waals surface area contributed by atoms with E-state index in [9.17, 15) is 9.59 Å². The number of halogens is 4.